The molecule has 0 unspecified atom stereocenters. The average molecular weight is 452 g/mol. The Kier molecular flexibility index (Phi) is 5.21. The summed E-state index contributed by atoms with van der Waals surface area (Å²) in [6.45, 7) is 5.95. The van der Waals surface area contributed by atoms with Gasteiger partial charge in [0.2, 0.25) is 0 Å². The summed E-state index contributed by atoms with van der Waals surface area (Å²) in [6.07, 6.45) is 6.02. The molecule has 0 aliphatic heterocycles. The third kappa shape index (κ3) is 3.45. The number of aliphatic imine (C=N–C) groups is 1. The van der Waals surface area contributed by atoms with Crippen molar-refractivity contribution in [3.63, 3.8) is 0 Å². The molecule has 2 heterocycles. The molecular formula is C27H21N3S2. The number of amidine groups is 2. The third-order valence-corrected chi connectivity index (χ3v) is 7.75. The monoisotopic (exact) mass is 451 g/mol. The van der Waals surface area contributed by atoms with Crippen LogP contribution < -0.4 is 5.73 Å². The van der Waals surface area contributed by atoms with Gasteiger partial charge >= 0.3 is 0 Å². The summed E-state index contributed by atoms with van der Waals surface area (Å²) >= 11 is 3.41. The van der Waals surface area contributed by atoms with Gasteiger partial charge in [-0.25, -0.2) is 4.99 Å². The van der Waals surface area contributed by atoms with Crippen LogP contribution in [-0.4, -0.2) is 11.7 Å². The van der Waals surface area contributed by atoms with Gasteiger partial charge in [-0.2, -0.15) is 0 Å². The van der Waals surface area contributed by atoms with Crippen LogP contribution in [0.15, 0.2) is 78.3 Å². The van der Waals surface area contributed by atoms with E-state index >= 15 is 0 Å². The van der Waals surface area contributed by atoms with Crippen molar-refractivity contribution in [2.45, 2.75) is 6.92 Å². The summed E-state index contributed by atoms with van der Waals surface area (Å²) in [5.74, 6) is 0.504. The molecule has 0 atom stereocenters. The van der Waals surface area contributed by atoms with Crippen LogP contribution in [0.4, 0.5) is 0 Å². The molecule has 2 aromatic heterocycles. The minimum atomic E-state index is 0.162. The Balaban J connectivity index is 1.50. The number of benzene rings is 3. The number of nitrogens with two attached hydrogens (primary N) is 1. The van der Waals surface area contributed by atoms with Gasteiger partial charge in [0, 0.05) is 46.3 Å². The summed E-state index contributed by atoms with van der Waals surface area (Å²) in [4.78, 5) is 5.56. The van der Waals surface area contributed by atoms with Crippen LogP contribution in [0, 0.1) is 5.41 Å². The van der Waals surface area contributed by atoms with Crippen molar-refractivity contribution in [2.75, 3.05) is 0 Å². The van der Waals surface area contributed by atoms with Gasteiger partial charge in [-0.15, -0.1) is 22.7 Å². The van der Waals surface area contributed by atoms with Gasteiger partial charge < -0.3 is 5.73 Å². The van der Waals surface area contributed by atoms with E-state index in [-0.39, 0.29) is 5.84 Å². The van der Waals surface area contributed by atoms with Gasteiger partial charge in [0.1, 0.15) is 5.84 Å². The number of hydrogen-bond acceptors (Lipinski definition) is 3. The maximum absolute atomic E-state index is 8.52. The van der Waals surface area contributed by atoms with Crippen LogP contribution in [0.1, 0.15) is 28.5 Å². The molecule has 0 saturated heterocycles. The van der Waals surface area contributed by atoms with Gasteiger partial charge in [0.25, 0.3) is 0 Å². The average Bonchev–Trinajstić information content (AvgIpc) is 3.36. The van der Waals surface area contributed by atoms with Crippen LogP contribution in [0.25, 0.3) is 42.4 Å². The molecule has 0 amide bonds. The van der Waals surface area contributed by atoms with E-state index in [0.717, 1.165) is 25.4 Å². The zero-order valence-corrected chi connectivity index (χ0v) is 19.2. The van der Waals surface area contributed by atoms with Crippen molar-refractivity contribution in [1.29, 1.82) is 5.41 Å². The van der Waals surface area contributed by atoms with E-state index < -0.39 is 0 Å². The topological polar surface area (TPSA) is 62.2 Å². The fourth-order valence-corrected chi connectivity index (χ4v) is 6.14. The summed E-state index contributed by atoms with van der Waals surface area (Å²) in [6, 6.07) is 20.5. The normalized spacial score (nSPS) is 12.3. The fraction of sp³-hybridized carbons (Fsp3) is 0.0370. The first-order valence-corrected chi connectivity index (χ1v) is 11.9. The Morgan fingerprint density at radius 3 is 2.41 bits per heavy atom. The molecule has 3 N–H and O–H groups in total. The lowest BCUT2D eigenvalue weighted by molar-refractivity contribution is 1.41. The van der Waals surface area contributed by atoms with Crippen LogP contribution >= 0.6 is 22.7 Å². The highest BCUT2D eigenvalue weighted by Gasteiger charge is 2.11. The second kappa shape index (κ2) is 8.19. The summed E-state index contributed by atoms with van der Waals surface area (Å²) < 4.78 is 3.52. The van der Waals surface area contributed by atoms with Gasteiger partial charge in [0.15, 0.2) is 5.84 Å². The van der Waals surface area contributed by atoms with Crippen molar-refractivity contribution in [2.24, 2.45) is 10.7 Å². The second-order valence-corrected chi connectivity index (χ2v) is 9.62. The third-order valence-electron chi connectivity index (χ3n) is 5.46. The molecule has 32 heavy (non-hydrogen) atoms. The lowest BCUT2D eigenvalue weighted by atomic mass is 10.1. The zero-order valence-electron chi connectivity index (χ0n) is 17.6. The smallest absolute Gasteiger partial charge is 0.154 e. The largest absolute Gasteiger partial charge is 0.383 e. The van der Waals surface area contributed by atoms with Crippen molar-refractivity contribution >= 4 is 76.8 Å². The maximum Gasteiger partial charge on any atom is 0.154 e. The van der Waals surface area contributed by atoms with E-state index in [1.54, 1.807) is 22.7 Å². The lowest BCUT2D eigenvalue weighted by Gasteiger charge is -2.04. The van der Waals surface area contributed by atoms with E-state index in [1.165, 1.54) is 26.4 Å². The molecule has 0 spiro atoms. The van der Waals surface area contributed by atoms with E-state index in [1.807, 2.05) is 43.3 Å². The van der Waals surface area contributed by atoms with Crippen LogP contribution in [0.2, 0.25) is 0 Å². The number of nitrogens with one attached hydrogen (secondary N) is 1. The SMILES string of the molecule is C=Cc1sc2cc(C(N)=NC(=N)c3ccc4c(c3)sc3ccccc34)ccc2c1/C=C\C. The number of fused-ring (bicyclic) bond motifs is 4. The molecule has 5 rings (SSSR count). The zero-order chi connectivity index (χ0) is 22.2. The molecule has 3 aromatic carbocycles. The van der Waals surface area contributed by atoms with Crippen LogP contribution in [-0.2, 0) is 0 Å². The van der Waals surface area contributed by atoms with Gasteiger partial charge in [-0.1, -0.05) is 67.3 Å². The number of thiophene rings is 2. The van der Waals surface area contributed by atoms with Crippen LogP contribution in [0.5, 0.6) is 0 Å². The van der Waals surface area contributed by atoms with Gasteiger partial charge in [-0.3, -0.25) is 5.41 Å². The first kappa shape index (κ1) is 20.4. The highest BCUT2D eigenvalue weighted by Crippen LogP contribution is 2.35. The lowest BCUT2D eigenvalue weighted by Crippen LogP contribution is -2.15. The Morgan fingerprint density at radius 1 is 0.906 bits per heavy atom. The molecule has 0 radical (unpaired) electrons. The molecule has 0 fully saturated rings. The number of hydrogen-bond donors (Lipinski definition) is 2. The maximum atomic E-state index is 8.52. The van der Waals surface area contributed by atoms with Crippen molar-refractivity contribution in [3.05, 3.63) is 94.9 Å². The second-order valence-electron chi connectivity index (χ2n) is 7.45. The number of nitrogens with zero attached hydrogens (tertiary/aromatic N) is 1. The van der Waals surface area contributed by atoms with E-state index in [9.17, 15) is 0 Å². The van der Waals surface area contributed by atoms with Crippen LogP contribution in [0.3, 0.4) is 0 Å². The Morgan fingerprint density at radius 2 is 1.59 bits per heavy atom. The fourth-order valence-electron chi connectivity index (χ4n) is 3.91. The summed E-state index contributed by atoms with van der Waals surface area (Å²) in [5.41, 5.74) is 9.06. The molecule has 156 valence electrons. The van der Waals surface area contributed by atoms with Crippen molar-refractivity contribution < 1.29 is 0 Å². The highest BCUT2D eigenvalue weighted by atomic mass is 32.1. The van der Waals surface area contributed by atoms with E-state index in [2.05, 4.69) is 54.0 Å². The minimum Gasteiger partial charge on any atom is -0.383 e. The summed E-state index contributed by atoms with van der Waals surface area (Å²) in [7, 11) is 0. The van der Waals surface area contributed by atoms with E-state index in [0.29, 0.717) is 5.84 Å². The standard InChI is InChI=1S/C27H21N3S2/c1-3-7-18-20-12-10-16(14-24(20)31-22(18)4-2)26(28)30-27(29)17-11-13-21-19-8-5-6-9-23(19)32-25(21)15-17/h3-15H,2H2,1H3,(H3,28,29,30)/b7-3-. The minimum absolute atomic E-state index is 0.162. The van der Waals surface area contributed by atoms with Crippen molar-refractivity contribution in [3.8, 4) is 0 Å². The predicted octanol–water partition coefficient (Wildman–Crippen LogP) is 7.68. The molecule has 0 saturated carbocycles. The Bertz CT molecular complexity index is 1580. The molecular weight excluding hydrogens is 430 g/mol. The first-order valence-electron chi connectivity index (χ1n) is 10.3. The van der Waals surface area contributed by atoms with Gasteiger partial charge in [-0.05, 0) is 30.7 Å². The molecule has 0 bridgehead atoms. The Hall–Kier alpha value is -3.54. The van der Waals surface area contributed by atoms with Crippen molar-refractivity contribution in [1.82, 2.24) is 0 Å². The van der Waals surface area contributed by atoms with E-state index in [4.69, 9.17) is 11.1 Å². The molecule has 3 nitrogen and oxygen atoms in total. The molecule has 5 heteroatoms. The highest BCUT2D eigenvalue weighted by molar-refractivity contribution is 7.25. The van der Waals surface area contributed by atoms with Gasteiger partial charge in [0.05, 0.1) is 0 Å². The summed E-state index contributed by atoms with van der Waals surface area (Å²) in [5, 5.41) is 12.1. The molecule has 0 aliphatic carbocycles. The first-order chi connectivity index (χ1) is 15.6. The predicted molar refractivity (Wildman–Crippen MR) is 144 cm³/mol. The quantitative estimate of drug-likeness (QED) is 0.214. The molecule has 0 aliphatic rings. The number of rotatable bonds is 4. The Labute approximate surface area is 194 Å². The number of allylic oxidation sites excluding steroid dienone is 1. The molecule has 5 aromatic rings.